The van der Waals surface area contributed by atoms with Crippen LogP contribution in [0.4, 0.5) is 17.1 Å². The second-order valence-electron chi connectivity index (χ2n) is 14.9. The molecule has 0 amide bonds. The van der Waals surface area contributed by atoms with E-state index in [0.29, 0.717) is 0 Å². The van der Waals surface area contributed by atoms with E-state index in [2.05, 4.69) is 195 Å². The maximum atomic E-state index is 2.48. The molecule has 240 valence electrons. The molecule has 0 unspecified atom stereocenters. The smallest absolute Gasteiger partial charge is 0.0726 e. The first-order chi connectivity index (χ1) is 25.1. The lowest BCUT2D eigenvalue weighted by Gasteiger charge is -2.32. The van der Waals surface area contributed by atoms with Crippen LogP contribution in [0.15, 0.2) is 176 Å². The van der Waals surface area contributed by atoms with Crippen LogP contribution in [0.3, 0.4) is 0 Å². The minimum atomic E-state index is -0.387. The van der Waals surface area contributed by atoms with Crippen molar-refractivity contribution in [2.24, 2.45) is 0 Å². The predicted octanol–water partition coefficient (Wildman–Crippen LogP) is 13.0. The number of anilines is 3. The van der Waals surface area contributed by atoms with Crippen molar-refractivity contribution in [3.63, 3.8) is 0 Å². The first-order valence-corrected chi connectivity index (χ1v) is 18.0. The predicted molar refractivity (Wildman–Crippen MR) is 212 cm³/mol. The number of hydrogen-bond acceptors (Lipinski definition) is 1. The Bertz CT molecular complexity index is 2670. The Morgan fingerprint density at radius 1 is 0.353 bits per heavy atom. The molecule has 0 heterocycles. The Kier molecular flexibility index (Phi) is 5.72. The number of rotatable bonds is 3. The second-order valence-corrected chi connectivity index (χ2v) is 14.9. The maximum Gasteiger partial charge on any atom is 0.0726 e. The lowest BCUT2D eigenvalue weighted by Crippen LogP contribution is -2.26. The van der Waals surface area contributed by atoms with Crippen molar-refractivity contribution in [3.8, 4) is 33.4 Å². The molecular weight excluding hydrogens is 615 g/mol. The first-order valence-electron chi connectivity index (χ1n) is 18.0. The van der Waals surface area contributed by atoms with Gasteiger partial charge in [-0.15, -0.1) is 0 Å². The highest BCUT2D eigenvalue weighted by Crippen LogP contribution is 2.63. The summed E-state index contributed by atoms with van der Waals surface area (Å²) in [5.41, 5.74) is 19.3. The monoisotopic (exact) mass is 649 g/mol. The molecule has 0 radical (unpaired) electrons. The fourth-order valence-corrected chi connectivity index (χ4v) is 10.00. The quantitative estimate of drug-likeness (QED) is 0.184. The topological polar surface area (TPSA) is 3.24 Å². The van der Waals surface area contributed by atoms with E-state index in [9.17, 15) is 0 Å². The molecule has 0 saturated heterocycles. The molecule has 0 saturated carbocycles. The fraction of sp³-hybridized carbons (Fsp3) is 0.0800. The van der Waals surface area contributed by atoms with Gasteiger partial charge in [0, 0.05) is 22.5 Å². The molecule has 1 spiro atoms. The molecule has 3 aliphatic rings. The molecule has 1 nitrogen and oxygen atoms in total. The van der Waals surface area contributed by atoms with Gasteiger partial charge in [0.15, 0.2) is 0 Å². The Balaban J connectivity index is 1.14. The Morgan fingerprint density at radius 3 is 1.45 bits per heavy atom. The van der Waals surface area contributed by atoms with Gasteiger partial charge in [0.05, 0.1) is 5.41 Å². The standard InChI is InChI=1S/C50H35N/c1-49(2)43-20-10-6-19-40(43)42-27-24-32-30-34(25-28-36(32)48(42)49)51(33-14-4-3-5-15-33)35-26-29-41-39-18-9-13-23-46(39)50(47(41)31-35)44-21-11-7-16-37(44)38-17-8-12-22-45(38)50/h3-31H,1-2H3. The zero-order valence-electron chi connectivity index (χ0n) is 28.7. The van der Waals surface area contributed by atoms with E-state index < -0.39 is 0 Å². The average molecular weight is 650 g/mol. The summed E-state index contributed by atoms with van der Waals surface area (Å²) in [5, 5.41) is 2.59. The van der Waals surface area contributed by atoms with Crippen LogP contribution in [0.1, 0.15) is 47.2 Å². The van der Waals surface area contributed by atoms with E-state index in [1.54, 1.807) is 0 Å². The van der Waals surface area contributed by atoms with Crippen molar-refractivity contribution in [3.05, 3.63) is 209 Å². The highest BCUT2D eigenvalue weighted by atomic mass is 15.1. The number of para-hydroxylation sites is 1. The molecule has 3 aliphatic carbocycles. The molecule has 0 bridgehead atoms. The molecule has 0 aliphatic heterocycles. The molecule has 11 rings (SSSR count). The molecule has 0 aromatic heterocycles. The third-order valence-electron chi connectivity index (χ3n) is 12.0. The van der Waals surface area contributed by atoms with Crippen LogP contribution in [0.5, 0.6) is 0 Å². The van der Waals surface area contributed by atoms with Gasteiger partial charge in [0.1, 0.15) is 0 Å². The van der Waals surface area contributed by atoms with E-state index in [4.69, 9.17) is 0 Å². The van der Waals surface area contributed by atoms with Gasteiger partial charge in [-0.1, -0.05) is 153 Å². The van der Waals surface area contributed by atoms with E-state index >= 15 is 0 Å². The number of hydrogen-bond donors (Lipinski definition) is 0. The van der Waals surface area contributed by atoms with Crippen molar-refractivity contribution in [1.82, 2.24) is 0 Å². The summed E-state index contributed by atoms with van der Waals surface area (Å²) in [6.07, 6.45) is 0. The number of fused-ring (bicyclic) bond motifs is 15. The van der Waals surface area contributed by atoms with E-state index in [1.807, 2.05) is 0 Å². The summed E-state index contributed by atoms with van der Waals surface area (Å²) < 4.78 is 0. The van der Waals surface area contributed by atoms with Crippen LogP contribution in [0, 0.1) is 0 Å². The van der Waals surface area contributed by atoms with Gasteiger partial charge in [-0.25, -0.2) is 0 Å². The van der Waals surface area contributed by atoms with Crippen LogP contribution in [-0.4, -0.2) is 0 Å². The summed E-state index contributed by atoms with van der Waals surface area (Å²) in [4.78, 5) is 2.44. The van der Waals surface area contributed by atoms with Crippen LogP contribution in [-0.2, 0) is 10.8 Å². The number of benzene rings is 8. The summed E-state index contributed by atoms with van der Waals surface area (Å²) >= 11 is 0. The lowest BCUT2D eigenvalue weighted by atomic mass is 9.70. The summed E-state index contributed by atoms with van der Waals surface area (Å²) in [6.45, 7) is 4.75. The van der Waals surface area contributed by atoms with Gasteiger partial charge in [0.25, 0.3) is 0 Å². The van der Waals surface area contributed by atoms with E-state index in [1.165, 1.54) is 77.5 Å². The van der Waals surface area contributed by atoms with Gasteiger partial charge in [-0.05, 0) is 114 Å². The highest BCUT2D eigenvalue weighted by molar-refractivity contribution is 6.00. The van der Waals surface area contributed by atoms with Crippen molar-refractivity contribution in [2.75, 3.05) is 4.90 Å². The largest absolute Gasteiger partial charge is 0.310 e. The van der Waals surface area contributed by atoms with Crippen LogP contribution in [0.25, 0.3) is 44.2 Å². The molecular formula is C50H35N. The van der Waals surface area contributed by atoms with Crippen LogP contribution >= 0.6 is 0 Å². The Hall–Kier alpha value is -6.18. The first kappa shape index (κ1) is 28.6. The summed E-state index contributed by atoms with van der Waals surface area (Å²) in [6, 6.07) is 65.8. The third-order valence-corrected chi connectivity index (χ3v) is 12.0. The van der Waals surface area contributed by atoms with Gasteiger partial charge in [-0.3, -0.25) is 0 Å². The normalized spacial score (nSPS) is 14.8. The van der Waals surface area contributed by atoms with Crippen molar-refractivity contribution in [1.29, 1.82) is 0 Å². The fourth-order valence-electron chi connectivity index (χ4n) is 10.00. The highest BCUT2D eigenvalue weighted by Gasteiger charge is 2.51. The van der Waals surface area contributed by atoms with Crippen molar-refractivity contribution < 1.29 is 0 Å². The SMILES string of the molecule is CC1(C)c2ccccc2-c2ccc3cc(N(c4ccccc4)c4ccc5c(c4)C4(c6ccccc6-c6ccccc64)c4ccccc4-5)ccc3c21. The second kappa shape index (κ2) is 10.2. The molecule has 0 atom stereocenters. The summed E-state index contributed by atoms with van der Waals surface area (Å²) in [7, 11) is 0. The molecule has 0 N–H and O–H groups in total. The number of nitrogens with zero attached hydrogens (tertiary/aromatic N) is 1. The van der Waals surface area contributed by atoms with Gasteiger partial charge < -0.3 is 4.90 Å². The van der Waals surface area contributed by atoms with Gasteiger partial charge >= 0.3 is 0 Å². The Morgan fingerprint density at radius 2 is 0.824 bits per heavy atom. The van der Waals surface area contributed by atoms with Gasteiger partial charge in [-0.2, -0.15) is 0 Å². The molecule has 8 aromatic rings. The van der Waals surface area contributed by atoms with Crippen molar-refractivity contribution in [2.45, 2.75) is 24.7 Å². The lowest BCUT2D eigenvalue weighted by molar-refractivity contribution is 0.666. The van der Waals surface area contributed by atoms with Crippen LogP contribution < -0.4 is 4.90 Å². The molecule has 8 aromatic carbocycles. The van der Waals surface area contributed by atoms with Crippen molar-refractivity contribution >= 4 is 27.8 Å². The molecule has 0 fully saturated rings. The average Bonchev–Trinajstić information content (AvgIpc) is 3.74. The Labute approximate surface area is 299 Å². The minimum absolute atomic E-state index is 0.0662. The third kappa shape index (κ3) is 3.65. The zero-order valence-corrected chi connectivity index (χ0v) is 28.7. The molecule has 51 heavy (non-hydrogen) atoms. The van der Waals surface area contributed by atoms with E-state index in [-0.39, 0.29) is 10.8 Å². The maximum absolute atomic E-state index is 2.48. The summed E-state index contributed by atoms with van der Waals surface area (Å²) in [5.74, 6) is 0. The minimum Gasteiger partial charge on any atom is -0.310 e. The van der Waals surface area contributed by atoms with E-state index in [0.717, 1.165) is 17.1 Å². The zero-order chi connectivity index (χ0) is 33.9. The molecule has 1 heteroatoms. The van der Waals surface area contributed by atoms with Crippen LogP contribution in [0.2, 0.25) is 0 Å². The van der Waals surface area contributed by atoms with Gasteiger partial charge in [0.2, 0.25) is 0 Å².